The van der Waals surface area contributed by atoms with E-state index in [1.54, 1.807) is 23.1 Å². The van der Waals surface area contributed by atoms with E-state index in [2.05, 4.69) is 90.3 Å². The van der Waals surface area contributed by atoms with Crippen molar-refractivity contribution in [1.29, 1.82) is 0 Å². The van der Waals surface area contributed by atoms with Crippen LogP contribution in [0.15, 0.2) is 53.0 Å². The maximum absolute atomic E-state index is 6.04. The van der Waals surface area contributed by atoms with E-state index in [0.717, 1.165) is 50.9 Å². The molecular weight excluding hydrogens is 424 g/mol. The Labute approximate surface area is 191 Å². The van der Waals surface area contributed by atoms with Gasteiger partial charge in [-0.15, -0.1) is 21.5 Å². The van der Waals surface area contributed by atoms with Crippen molar-refractivity contribution in [3.63, 3.8) is 0 Å². The normalized spacial score (nSPS) is 11.1. The Balaban J connectivity index is 1.41. The van der Waals surface area contributed by atoms with E-state index in [1.165, 1.54) is 11.1 Å². The molecule has 0 spiro atoms. The Kier molecular flexibility index (Phi) is 6.73. The van der Waals surface area contributed by atoms with Crippen molar-refractivity contribution >= 4 is 23.1 Å². The summed E-state index contributed by atoms with van der Waals surface area (Å²) in [6.45, 7) is 9.52. The van der Waals surface area contributed by atoms with Crippen LogP contribution in [-0.2, 0) is 18.9 Å². The van der Waals surface area contributed by atoms with Crippen LogP contribution in [0.3, 0.4) is 0 Å². The number of thioether (sulfide) groups is 1. The van der Waals surface area contributed by atoms with Crippen LogP contribution in [0.1, 0.15) is 35.1 Å². The molecule has 7 heteroatoms. The van der Waals surface area contributed by atoms with E-state index >= 15 is 0 Å². The molecule has 4 aromatic rings. The van der Waals surface area contributed by atoms with Crippen molar-refractivity contribution in [2.24, 2.45) is 0 Å². The minimum absolute atomic E-state index is 0.403. The second kappa shape index (κ2) is 9.66. The minimum atomic E-state index is 0.403. The van der Waals surface area contributed by atoms with Crippen LogP contribution in [0, 0.1) is 20.8 Å². The molecule has 5 nitrogen and oxygen atoms in total. The average Bonchev–Trinajstić information content (AvgIpc) is 3.40. The van der Waals surface area contributed by atoms with Crippen molar-refractivity contribution in [2.75, 3.05) is 0 Å². The SMILES string of the molecule is CCn1c(COc2cc(C)ccc2C)nnc1SCc1csc(-c2ccc(C)cc2)n1. The number of rotatable bonds is 8. The van der Waals surface area contributed by atoms with Crippen molar-refractivity contribution in [2.45, 2.75) is 51.8 Å². The number of hydrogen-bond donors (Lipinski definition) is 0. The summed E-state index contributed by atoms with van der Waals surface area (Å²) in [6, 6.07) is 14.7. The van der Waals surface area contributed by atoms with Gasteiger partial charge in [0.05, 0.1) is 5.69 Å². The third-order valence-corrected chi connectivity index (χ3v) is 6.95. The molecule has 2 aromatic heterocycles. The van der Waals surface area contributed by atoms with E-state index in [4.69, 9.17) is 9.72 Å². The Morgan fingerprint density at radius 2 is 1.77 bits per heavy atom. The maximum Gasteiger partial charge on any atom is 0.191 e. The number of nitrogens with zero attached hydrogens (tertiary/aromatic N) is 4. The van der Waals surface area contributed by atoms with Gasteiger partial charge in [0.2, 0.25) is 0 Å². The van der Waals surface area contributed by atoms with Crippen molar-refractivity contribution in [3.8, 4) is 16.3 Å². The van der Waals surface area contributed by atoms with Gasteiger partial charge >= 0.3 is 0 Å². The largest absolute Gasteiger partial charge is 0.485 e. The molecule has 0 saturated heterocycles. The van der Waals surface area contributed by atoms with Gasteiger partial charge in [-0.05, 0) is 44.9 Å². The first-order valence-electron chi connectivity index (χ1n) is 10.3. The third-order valence-electron chi connectivity index (χ3n) is 5.01. The molecule has 0 saturated carbocycles. The van der Waals surface area contributed by atoms with E-state index < -0.39 is 0 Å². The number of benzene rings is 2. The molecule has 0 radical (unpaired) electrons. The van der Waals surface area contributed by atoms with Gasteiger partial charge < -0.3 is 9.30 Å². The van der Waals surface area contributed by atoms with Crippen LogP contribution in [-0.4, -0.2) is 19.7 Å². The van der Waals surface area contributed by atoms with Crippen LogP contribution in [0.5, 0.6) is 5.75 Å². The fourth-order valence-electron chi connectivity index (χ4n) is 3.20. The predicted octanol–water partition coefficient (Wildman–Crippen LogP) is 6.22. The highest BCUT2D eigenvalue weighted by Crippen LogP contribution is 2.28. The zero-order valence-corrected chi connectivity index (χ0v) is 19.9. The molecule has 4 rings (SSSR count). The lowest BCUT2D eigenvalue weighted by Crippen LogP contribution is -2.07. The smallest absolute Gasteiger partial charge is 0.191 e. The van der Waals surface area contributed by atoms with Gasteiger partial charge in [-0.25, -0.2) is 4.98 Å². The summed E-state index contributed by atoms with van der Waals surface area (Å²) in [5, 5.41) is 12.8. The molecule has 2 heterocycles. The van der Waals surface area contributed by atoms with Gasteiger partial charge in [0.1, 0.15) is 17.4 Å². The van der Waals surface area contributed by atoms with E-state index in [0.29, 0.717) is 6.61 Å². The summed E-state index contributed by atoms with van der Waals surface area (Å²) in [7, 11) is 0. The van der Waals surface area contributed by atoms with Crippen molar-refractivity contribution < 1.29 is 4.74 Å². The molecule has 0 aliphatic heterocycles. The van der Waals surface area contributed by atoms with Gasteiger partial charge in [0.15, 0.2) is 11.0 Å². The van der Waals surface area contributed by atoms with Gasteiger partial charge in [-0.1, -0.05) is 53.7 Å². The van der Waals surface area contributed by atoms with E-state index in [1.807, 2.05) is 0 Å². The Hall–Kier alpha value is -2.64. The van der Waals surface area contributed by atoms with Crippen molar-refractivity contribution in [1.82, 2.24) is 19.7 Å². The molecule has 0 bridgehead atoms. The molecule has 0 aliphatic carbocycles. The highest BCUT2D eigenvalue weighted by atomic mass is 32.2. The van der Waals surface area contributed by atoms with Gasteiger partial charge in [-0.3, -0.25) is 0 Å². The van der Waals surface area contributed by atoms with Gasteiger partial charge in [0.25, 0.3) is 0 Å². The first-order chi connectivity index (χ1) is 15.0. The van der Waals surface area contributed by atoms with E-state index in [-0.39, 0.29) is 0 Å². The zero-order valence-electron chi connectivity index (χ0n) is 18.3. The number of aromatic nitrogens is 4. The molecule has 0 N–H and O–H groups in total. The number of aryl methyl sites for hydroxylation is 3. The maximum atomic E-state index is 6.04. The Morgan fingerprint density at radius 1 is 1.00 bits per heavy atom. The first-order valence-corrected chi connectivity index (χ1v) is 12.2. The fourth-order valence-corrected chi connectivity index (χ4v) is 5.04. The molecule has 0 aliphatic rings. The Bertz CT molecular complexity index is 1160. The van der Waals surface area contributed by atoms with Crippen LogP contribution in [0.25, 0.3) is 10.6 Å². The summed E-state index contributed by atoms with van der Waals surface area (Å²) in [4.78, 5) is 4.80. The molecular formula is C24H26N4OS2. The molecule has 0 fully saturated rings. The number of thiazole rings is 1. The lowest BCUT2D eigenvalue weighted by molar-refractivity contribution is 0.286. The number of ether oxygens (including phenoxy) is 1. The summed E-state index contributed by atoms with van der Waals surface area (Å²) in [6.07, 6.45) is 0. The molecule has 2 aromatic carbocycles. The molecule has 0 unspecified atom stereocenters. The molecule has 160 valence electrons. The molecule has 0 atom stereocenters. The first kappa shape index (κ1) is 21.6. The highest BCUT2D eigenvalue weighted by Gasteiger charge is 2.14. The van der Waals surface area contributed by atoms with Crippen LogP contribution in [0.2, 0.25) is 0 Å². The van der Waals surface area contributed by atoms with Crippen LogP contribution in [0.4, 0.5) is 0 Å². The third kappa shape index (κ3) is 5.17. The van der Waals surface area contributed by atoms with Gasteiger partial charge in [-0.2, -0.15) is 0 Å². The lowest BCUT2D eigenvalue weighted by Gasteiger charge is -2.11. The van der Waals surface area contributed by atoms with Crippen LogP contribution < -0.4 is 4.74 Å². The highest BCUT2D eigenvalue weighted by molar-refractivity contribution is 7.98. The number of hydrogen-bond acceptors (Lipinski definition) is 6. The standard InChI is InChI=1S/C24H26N4OS2/c1-5-28-22(13-29-21-12-17(3)6-9-18(21)4)26-27-24(28)31-15-20-14-30-23(25-20)19-10-7-16(2)8-11-19/h6-12,14H,5,13,15H2,1-4H3. The second-order valence-corrected chi connectivity index (χ2v) is 9.30. The minimum Gasteiger partial charge on any atom is -0.485 e. The van der Waals surface area contributed by atoms with Gasteiger partial charge in [0, 0.05) is 23.2 Å². The average molecular weight is 451 g/mol. The fraction of sp³-hybridized carbons (Fsp3) is 0.292. The van der Waals surface area contributed by atoms with Crippen LogP contribution >= 0.6 is 23.1 Å². The lowest BCUT2D eigenvalue weighted by atomic mass is 10.1. The molecule has 31 heavy (non-hydrogen) atoms. The van der Waals surface area contributed by atoms with Crippen molar-refractivity contribution in [3.05, 3.63) is 76.1 Å². The van der Waals surface area contributed by atoms with E-state index in [9.17, 15) is 0 Å². The predicted molar refractivity (Wildman–Crippen MR) is 128 cm³/mol. The zero-order chi connectivity index (χ0) is 21.8. The topological polar surface area (TPSA) is 52.8 Å². The summed E-state index contributed by atoms with van der Waals surface area (Å²) < 4.78 is 8.15. The summed E-state index contributed by atoms with van der Waals surface area (Å²) in [5.41, 5.74) is 5.78. The Morgan fingerprint density at radius 3 is 2.55 bits per heavy atom. The summed E-state index contributed by atoms with van der Waals surface area (Å²) >= 11 is 3.34. The molecule has 0 amide bonds. The quantitative estimate of drug-likeness (QED) is 0.298. The summed E-state index contributed by atoms with van der Waals surface area (Å²) in [5.74, 6) is 2.49. The monoisotopic (exact) mass is 450 g/mol. The second-order valence-electron chi connectivity index (χ2n) is 7.50.